The lowest BCUT2D eigenvalue weighted by Gasteiger charge is -2.14. The summed E-state index contributed by atoms with van der Waals surface area (Å²) >= 11 is 0.877. The van der Waals surface area contributed by atoms with E-state index in [0.717, 1.165) is 23.4 Å². The quantitative estimate of drug-likeness (QED) is 0.335. The van der Waals surface area contributed by atoms with Crippen molar-refractivity contribution < 1.29 is 27.4 Å². The zero-order valence-electron chi connectivity index (χ0n) is 18.8. The molecule has 0 spiro atoms. The Morgan fingerprint density at radius 2 is 1.74 bits per heavy atom. The number of nitrogens with zero attached hydrogens (tertiary/aromatic N) is 2. The Kier molecular flexibility index (Phi) is 8.38. The van der Waals surface area contributed by atoms with Crippen LogP contribution in [0.3, 0.4) is 0 Å². The van der Waals surface area contributed by atoms with Gasteiger partial charge in [0.2, 0.25) is 5.91 Å². The molecule has 0 radical (unpaired) electrons. The zero-order valence-corrected chi connectivity index (χ0v) is 19.7. The molecule has 180 valence electrons. The maximum Gasteiger partial charge on any atom is 0.433 e. The van der Waals surface area contributed by atoms with Crippen LogP contribution >= 0.6 is 11.8 Å². The molecule has 6 nitrogen and oxygen atoms in total. The number of carbonyl (C=O) groups excluding carboxylic acids is 1. The van der Waals surface area contributed by atoms with Crippen LogP contribution in [0, 0.1) is 0 Å². The maximum absolute atomic E-state index is 13.4. The number of carbonyl (C=O) groups is 1. The van der Waals surface area contributed by atoms with E-state index in [9.17, 15) is 18.0 Å². The van der Waals surface area contributed by atoms with Gasteiger partial charge in [0.25, 0.3) is 0 Å². The molecule has 1 amide bonds. The summed E-state index contributed by atoms with van der Waals surface area (Å²) in [5.74, 6) is 0.871. The number of halogens is 3. The molecule has 1 N–H and O–H groups in total. The number of alkyl halides is 3. The minimum atomic E-state index is -4.63. The third kappa shape index (κ3) is 6.63. The second-order valence-corrected chi connectivity index (χ2v) is 8.58. The molecule has 0 aliphatic heterocycles. The van der Waals surface area contributed by atoms with Gasteiger partial charge in [-0.2, -0.15) is 13.2 Å². The highest BCUT2D eigenvalue weighted by molar-refractivity contribution is 8.00. The van der Waals surface area contributed by atoms with Crippen LogP contribution in [0.25, 0.3) is 11.3 Å². The molecule has 1 aromatic heterocycles. The van der Waals surface area contributed by atoms with Gasteiger partial charge in [-0.25, -0.2) is 9.97 Å². The molecule has 0 fully saturated rings. The van der Waals surface area contributed by atoms with Crippen LogP contribution in [0.4, 0.5) is 13.2 Å². The average molecular weight is 492 g/mol. The summed E-state index contributed by atoms with van der Waals surface area (Å²) in [6.45, 7) is 1.94. The smallest absolute Gasteiger partial charge is 0.433 e. The number of methoxy groups -OCH3 is 2. The fraction of sp³-hybridized carbons (Fsp3) is 0.292. The van der Waals surface area contributed by atoms with E-state index in [4.69, 9.17) is 9.47 Å². The fourth-order valence-electron chi connectivity index (χ4n) is 3.10. The Balaban J connectivity index is 1.66. The van der Waals surface area contributed by atoms with Crippen molar-refractivity contribution in [3.8, 4) is 22.8 Å². The van der Waals surface area contributed by atoms with E-state index in [-0.39, 0.29) is 16.8 Å². The molecule has 0 aliphatic carbocycles. The molecule has 1 heterocycles. The maximum atomic E-state index is 13.4. The van der Waals surface area contributed by atoms with Crippen molar-refractivity contribution in [1.82, 2.24) is 15.3 Å². The Bertz CT molecular complexity index is 1130. The van der Waals surface area contributed by atoms with Gasteiger partial charge in [-0.1, -0.05) is 48.2 Å². The summed E-state index contributed by atoms with van der Waals surface area (Å²) in [5.41, 5.74) is 0.563. The van der Waals surface area contributed by atoms with E-state index in [1.807, 2.05) is 12.1 Å². The summed E-state index contributed by atoms with van der Waals surface area (Å²) in [4.78, 5) is 20.4. The second-order valence-electron chi connectivity index (χ2n) is 7.28. The molecular weight excluding hydrogens is 467 g/mol. The van der Waals surface area contributed by atoms with Gasteiger partial charge < -0.3 is 14.8 Å². The molecule has 1 atom stereocenters. The number of nitrogens with one attached hydrogen (secondary N) is 1. The fourth-order valence-corrected chi connectivity index (χ4v) is 3.91. The first-order valence-electron chi connectivity index (χ1n) is 10.4. The Morgan fingerprint density at radius 3 is 2.38 bits per heavy atom. The van der Waals surface area contributed by atoms with Crippen molar-refractivity contribution in [2.24, 2.45) is 0 Å². The molecule has 2 aromatic carbocycles. The molecule has 0 saturated carbocycles. The third-order valence-corrected chi connectivity index (χ3v) is 5.84. The number of rotatable bonds is 9. The zero-order chi connectivity index (χ0) is 24.7. The summed E-state index contributed by atoms with van der Waals surface area (Å²) in [6.07, 6.45) is -4.09. The molecule has 0 unspecified atom stereocenters. The number of aromatic nitrogens is 2. The van der Waals surface area contributed by atoms with E-state index in [2.05, 4.69) is 15.3 Å². The van der Waals surface area contributed by atoms with Gasteiger partial charge >= 0.3 is 6.18 Å². The van der Waals surface area contributed by atoms with E-state index in [1.54, 1.807) is 57.5 Å². The van der Waals surface area contributed by atoms with Crippen LogP contribution in [0.5, 0.6) is 11.5 Å². The molecular formula is C24H24F3N3O3S. The highest BCUT2D eigenvalue weighted by atomic mass is 32.2. The molecule has 10 heteroatoms. The Labute approximate surface area is 199 Å². The molecule has 3 rings (SSSR count). The topological polar surface area (TPSA) is 73.3 Å². The van der Waals surface area contributed by atoms with Crippen molar-refractivity contribution >= 4 is 17.7 Å². The molecule has 0 aliphatic rings. The van der Waals surface area contributed by atoms with Crippen LogP contribution in [-0.4, -0.2) is 41.9 Å². The third-order valence-electron chi connectivity index (χ3n) is 4.88. The van der Waals surface area contributed by atoms with Gasteiger partial charge in [-0.3, -0.25) is 4.79 Å². The van der Waals surface area contributed by atoms with Crippen molar-refractivity contribution in [2.75, 3.05) is 20.8 Å². The highest BCUT2D eigenvalue weighted by Gasteiger charge is 2.34. The minimum Gasteiger partial charge on any atom is -0.493 e. The summed E-state index contributed by atoms with van der Waals surface area (Å²) in [5, 5.41) is 1.99. The number of amides is 1. The van der Waals surface area contributed by atoms with Crippen LogP contribution in [0.1, 0.15) is 18.2 Å². The normalized spacial score (nSPS) is 12.2. The summed E-state index contributed by atoms with van der Waals surface area (Å²) in [7, 11) is 3.09. The first-order valence-corrected chi connectivity index (χ1v) is 11.3. The lowest BCUT2D eigenvalue weighted by molar-refractivity contribution is -0.141. The summed E-state index contributed by atoms with van der Waals surface area (Å²) < 4.78 is 50.7. The standard InChI is InChI=1S/C24H24F3N3O3S/c1-15(22(31)28-12-11-16-9-10-19(32-2)20(13-16)33-3)34-23-29-18(17-7-5-4-6-8-17)14-21(30-23)24(25,26)27/h4-10,13-15H,11-12H2,1-3H3,(H,28,31)/t15-/m1/s1. The van der Waals surface area contributed by atoms with Gasteiger partial charge in [-0.05, 0) is 37.1 Å². The van der Waals surface area contributed by atoms with Gasteiger partial charge in [0.05, 0.1) is 25.2 Å². The average Bonchev–Trinajstić information content (AvgIpc) is 2.83. The van der Waals surface area contributed by atoms with Gasteiger partial charge in [-0.15, -0.1) is 0 Å². The van der Waals surface area contributed by atoms with Crippen LogP contribution < -0.4 is 14.8 Å². The largest absolute Gasteiger partial charge is 0.493 e. The van der Waals surface area contributed by atoms with Gasteiger partial charge in [0.1, 0.15) is 5.69 Å². The van der Waals surface area contributed by atoms with E-state index < -0.39 is 17.1 Å². The lowest BCUT2D eigenvalue weighted by atomic mass is 10.1. The van der Waals surface area contributed by atoms with Crippen molar-refractivity contribution in [1.29, 1.82) is 0 Å². The van der Waals surface area contributed by atoms with Crippen LogP contribution in [0.2, 0.25) is 0 Å². The van der Waals surface area contributed by atoms with Crippen LogP contribution in [-0.2, 0) is 17.4 Å². The predicted octanol–water partition coefficient (Wildman–Crippen LogP) is 5.02. The van der Waals surface area contributed by atoms with Crippen LogP contribution in [0.15, 0.2) is 59.8 Å². The first-order chi connectivity index (χ1) is 16.2. The van der Waals surface area contributed by atoms with Crippen molar-refractivity contribution in [3.05, 3.63) is 65.9 Å². The molecule has 34 heavy (non-hydrogen) atoms. The number of benzene rings is 2. The monoisotopic (exact) mass is 491 g/mol. The number of thioether (sulfide) groups is 1. The van der Waals surface area contributed by atoms with Gasteiger partial charge in [0.15, 0.2) is 16.7 Å². The lowest BCUT2D eigenvalue weighted by Crippen LogP contribution is -2.32. The highest BCUT2D eigenvalue weighted by Crippen LogP contribution is 2.33. The number of hydrogen-bond acceptors (Lipinski definition) is 6. The number of hydrogen-bond donors (Lipinski definition) is 1. The predicted molar refractivity (Wildman–Crippen MR) is 124 cm³/mol. The Morgan fingerprint density at radius 1 is 1.03 bits per heavy atom. The van der Waals surface area contributed by atoms with Gasteiger partial charge in [0, 0.05) is 12.1 Å². The minimum absolute atomic E-state index is 0.115. The molecule has 0 bridgehead atoms. The molecule has 3 aromatic rings. The van der Waals surface area contributed by atoms with E-state index >= 15 is 0 Å². The van der Waals surface area contributed by atoms with Crippen molar-refractivity contribution in [3.63, 3.8) is 0 Å². The summed E-state index contributed by atoms with van der Waals surface area (Å²) in [6, 6.07) is 14.9. The van der Waals surface area contributed by atoms with Crippen molar-refractivity contribution in [2.45, 2.75) is 29.9 Å². The SMILES string of the molecule is COc1ccc(CCNC(=O)[C@@H](C)Sc2nc(-c3ccccc3)cc(C(F)(F)F)n2)cc1OC. The van der Waals surface area contributed by atoms with E-state index in [0.29, 0.717) is 30.0 Å². The Hall–Kier alpha value is -3.27. The molecule has 0 saturated heterocycles. The van der Waals surface area contributed by atoms with E-state index in [1.165, 1.54) is 0 Å². The number of ether oxygens (including phenoxy) is 2. The first kappa shape index (κ1) is 25.4. The second kappa shape index (κ2) is 11.2.